The van der Waals surface area contributed by atoms with Crippen LogP contribution in [0.15, 0.2) is 12.3 Å². The molecule has 94 valence electrons. The first kappa shape index (κ1) is 13.6. The fourth-order valence-corrected chi connectivity index (χ4v) is 1.20. The molecule has 0 aliphatic carbocycles. The van der Waals surface area contributed by atoms with Crippen molar-refractivity contribution in [3.05, 3.63) is 22.8 Å². The van der Waals surface area contributed by atoms with Crippen LogP contribution in [0.3, 0.4) is 0 Å². The average Bonchev–Trinajstić information content (AvgIpc) is 2.19. The molecule has 17 heavy (non-hydrogen) atoms. The summed E-state index contributed by atoms with van der Waals surface area (Å²) in [6, 6.07) is 1.14. The molecule has 1 aromatic rings. The van der Waals surface area contributed by atoms with Crippen LogP contribution < -0.4 is 4.74 Å². The molecule has 0 atom stereocenters. The predicted molar refractivity (Wildman–Crippen MR) is 51.9 cm³/mol. The van der Waals surface area contributed by atoms with Crippen molar-refractivity contribution in [1.82, 2.24) is 4.98 Å². The summed E-state index contributed by atoms with van der Waals surface area (Å²) >= 11 is 5.56. The van der Waals surface area contributed by atoms with Gasteiger partial charge in [0, 0.05) is 6.20 Å². The second-order valence-corrected chi connectivity index (χ2v) is 3.12. The van der Waals surface area contributed by atoms with E-state index >= 15 is 0 Å². The second kappa shape index (κ2) is 5.22. The van der Waals surface area contributed by atoms with Crippen molar-refractivity contribution in [2.45, 2.75) is 13.3 Å². The first-order valence-corrected chi connectivity index (χ1v) is 4.80. The highest BCUT2D eigenvalue weighted by Gasteiger charge is 2.33. The molecule has 8 heteroatoms. The van der Waals surface area contributed by atoms with E-state index in [0.29, 0.717) is 0 Å². The number of nitrogens with zero attached hydrogens (tertiary/aromatic N) is 1. The molecule has 0 amide bonds. The van der Waals surface area contributed by atoms with E-state index in [-0.39, 0.29) is 12.2 Å². The number of pyridine rings is 1. The summed E-state index contributed by atoms with van der Waals surface area (Å²) < 4.78 is 44.1. The summed E-state index contributed by atoms with van der Waals surface area (Å²) in [7, 11) is 0. The minimum atomic E-state index is -4.93. The molecule has 0 bridgehead atoms. The molecule has 1 heterocycles. The summed E-state index contributed by atoms with van der Waals surface area (Å²) in [6.07, 6.45) is -3.96. The molecule has 0 saturated heterocycles. The Bertz CT molecular complexity index is 422. The lowest BCUT2D eigenvalue weighted by atomic mass is 10.2. The SMILES string of the molecule is CCOC(=O)c1ccnc(OC(F)(F)F)c1Cl. The Balaban J connectivity index is 3.03. The Morgan fingerprint density at radius 3 is 2.71 bits per heavy atom. The molecule has 0 radical (unpaired) electrons. The smallest absolute Gasteiger partial charge is 0.462 e. The number of halogens is 4. The van der Waals surface area contributed by atoms with Crippen molar-refractivity contribution in [3.8, 4) is 5.88 Å². The van der Waals surface area contributed by atoms with Gasteiger partial charge in [-0.3, -0.25) is 0 Å². The van der Waals surface area contributed by atoms with Crippen molar-refractivity contribution in [2.75, 3.05) is 6.61 Å². The van der Waals surface area contributed by atoms with Crippen LogP contribution in [0.25, 0.3) is 0 Å². The van der Waals surface area contributed by atoms with Crippen molar-refractivity contribution >= 4 is 17.6 Å². The zero-order valence-corrected chi connectivity index (χ0v) is 9.30. The van der Waals surface area contributed by atoms with E-state index in [9.17, 15) is 18.0 Å². The molecule has 0 unspecified atom stereocenters. The summed E-state index contributed by atoms with van der Waals surface area (Å²) in [4.78, 5) is 14.6. The molecule has 0 aliphatic heterocycles. The van der Waals surface area contributed by atoms with Crippen LogP contribution in [-0.2, 0) is 4.74 Å². The van der Waals surface area contributed by atoms with Gasteiger partial charge in [-0.1, -0.05) is 11.6 Å². The number of hydrogen-bond acceptors (Lipinski definition) is 4. The van der Waals surface area contributed by atoms with Crippen molar-refractivity contribution < 1.29 is 27.4 Å². The second-order valence-electron chi connectivity index (χ2n) is 2.75. The molecule has 0 N–H and O–H groups in total. The highest BCUT2D eigenvalue weighted by molar-refractivity contribution is 6.34. The quantitative estimate of drug-likeness (QED) is 0.792. The molecule has 0 aromatic carbocycles. The maximum atomic E-state index is 12.0. The van der Waals surface area contributed by atoms with Crippen LogP contribution in [-0.4, -0.2) is 23.9 Å². The van der Waals surface area contributed by atoms with Crippen LogP contribution in [0.4, 0.5) is 13.2 Å². The Kier molecular flexibility index (Phi) is 4.17. The molecule has 1 aromatic heterocycles. The molecular weight excluding hydrogens is 263 g/mol. The number of esters is 1. The maximum absolute atomic E-state index is 12.0. The lowest BCUT2D eigenvalue weighted by Crippen LogP contribution is -2.19. The van der Waals surface area contributed by atoms with E-state index in [4.69, 9.17) is 11.6 Å². The van der Waals surface area contributed by atoms with Gasteiger partial charge in [0.2, 0.25) is 5.88 Å². The number of alkyl halides is 3. The van der Waals surface area contributed by atoms with Crippen LogP contribution in [0.2, 0.25) is 5.02 Å². The van der Waals surface area contributed by atoms with Gasteiger partial charge < -0.3 is 9.47 Å². The van der Waals surface area contributed by atoms with Gasteiger partial charge in [-0.2, -0.15) is 0 Å². The van der Waals surface area contributed by atoms with Gasteiger partial charge in [-0.15, -0.1) is 13.2 Å². The van der Waals surface area contributed by atoms with Gasteiger partial charge >= 0.3 is 12.3 Å². The van der Waals surface area contributed by atoms with Gasteiger partial charge in [0.05, 0.1) is 12.2 Å². The fourth-order valence-electron chi connectivity index (χ4n) is 0.972. The van der Waals surface area contributed by atoms with E-state index in [0.717, 1.165) is 12.3 Å². The third-order valence-electron chi connectivity index (χ3n) is 1.56. The molecule has 0 fully saturated rings. The lowest BCUT2D eigenvalue weighted by molar-refractivity contribution is -0.276. The summed E-state index contributed by atoms with van der Waals surface area (Å²) in [6.45, 7) is 1.63. The van der Waals surface area contributed by atoms with Crippen LogP contribution in [0.5, 0.6) is 5.88 Å². The molecular formula is C9H7ClF3NO3. The topological polar surface area (TPSA) is 48.4 Å². The summed E-state index contributed by atoms with van der Waals surface area (Å²) in [5.74, 6) is -1.73. The van der Waals surface area contributed by atoms with E-state index in [1.54, 1.807) is 6.92 Å². The normalized spacial score (nSPS) is 11.1. The van der Waals surface area contributed by atoms with Gasteiger partial charge in [0.25, 0.3) is 0 Å². The molecule has 0 spiro atoms. The Morgan fingerprint density at radius 1 is 1.53 bits per heavy atom. The molecule has 4 nitrogen and oxygen atoms in total. The Hall–Kier alpha value is -1.50. The Morgan fingerprint density at radius 2 is 2.18 bits per heavy atom. The predicted octanol–water partition coefficient (Wildman–Crippen LogP) is 2.81. The van der Waals surface area contributed by atoms with Gasteiger partial charge in [0.15, 0.2) is 0 Å². The molecule has 0 aliphatic rings. The average molecular weight is 270 g/mol. The van der Waals surface area contributed by atoms with Crippen LogP contribution in [0, 0.1) is 0 Å². The van der Waals surface area contributed by atoms with Crippen molar-refractivity contribution in [3.63, 3.8) is 0 Å². The van der Waals surface area contributed by atoms with Gasteiger partial charge in [0.1, 0.15) is 5.02 Å². The third-order valence-corrected chi connectivity index (χ3v) is 1.93. The van der Waals surface area contributed by atoms with E-state index in [1.165, 1.54) is 0 Å². The number of rotatable bonds is 3. The molecule has 0 saturated carbocycles. The fraction of sp³-hybridized carbons (Fsp3) is 0.333. The highest BCUT2D eigenvalue weighted by atomic mass is 35.5. The maximum Gasteiger partial charge on any atom is 0.574 e. The van der Waals surface area contributed by atoms with Gasteiger partial charge in [-0.25, -0.2) is 9.78 Å². The minimum absolute atomic E-state index is 0.0763. The van der Waals surface area contributed by atoms with Gasteiger partial charge in [-0.05, 0) is 13.0 Å². The van der Waals surface area contributed by atoms with E-state index in [1.807, 2.05) is 0 Å². The van der Waals surface area contributed by atoms with E-state index < -0.39 is 23.2 Å². The van der Waals surface area contributed by atoms with Crippen LogP contribution >= 0.6 is 11.6 Å². The zero-order valence-electron chi connectivity index (χ0n) is 8.55. The summed E-state index contributed by atoms with van der Waals surface area (Å²) in [5, 5.41) is -0.539. The third kappa shape index (κ3) is 3.77. The summed E-state index contributed by atoms with van der Waals surface area (Å²) in [5.41, 5.74) is -0.234. The standard InChI is InChI=1S/C9H7ClF3NO3/c1-2-16-8(15)5-3-4-14-7(6(5)10)17-9(11,12)13/h3-4H,2H2,1H3. The molecule has 1 rings (SSSR count). The monoisotopic (exact) mass is 269 g/mol. The number of aromatic nitrogens is 1. The first-order valence-electron chi connectivity index (χ1n) is 4.42. The highest BCUT2D eigenvalue weighted by Crippen LogP contribution is 2.30. The van der Waals surface area contributed by atoms with Crippen LogP contribution in [0.1, 0.15) is 17.3 Å². The zero-order chi connectivity index (χ0) is 13.1. The lowest BCUT2D eigenvalue weighted by Gasteiger charge is -2.10. The largest absolute Gasteiger partial charge is 0.574 e. The minimum Gasteiger partial charge on any atom is -0.462 e. The number of carbonyl (C=O) groups is 1. The number of hydrogen-bond donors (Lipinski definition) is 0. The van der Waals surface area contributed by atoms with E-state index in [2.05, 4.69) is 14.5 Å². The number of ether oxygens (including phenoxy) is 2. The first-order chi connectivity index (χ1) is 7.85. The Labute approximate surface area is 99.3 Å². The van der Waals surface area contributed by atoms with Crippen molar-refractivity contribution in [2.24, 2.45) is 0 Å². The van der Waals surface area contributed by atoms with Crippen molar-refractivity contribution in [1.29, 1.82) is 0 Å². The number of carbonyl (C=O) groups excluding carboxylic acids is 1.